The highest BCUT2D eigenvalue weighted by molar-refractivity contribution is 5.88. The average Bonchev–Trinajstić information content (AvgIpc) is 2.60. The van der Waals surface area contributed by atoms with Crippen LogP contribution in [-0.2, 0) is 16.0 Å². The van der Waals surface area contributed by atoms with Crippen molar-refractivity contribution in [1.29, 1.82) is 0 Å². The third-order valence-electron chi connectivity index (χ3n) is 3.86. The molecular formula is C20H24N2O3. The minimum atomic E-state index is -0.133. The van der Waals surface area contributed by atoms with Crippen LogP contribution in [0.3, 0.4) is 0 Å². The van der Waals surface area contributed by atoms with Gasteiger partial charge in [-0.2, -0.15) is 0 Å². The molecule has 2 N–H and O–H groups in total. The summed E-state index contributed by atoms with van der Waals surface area (Å²) in [6.45, 7) is 3.40. The van der Waals surface area contributed by atoms with E-state index in [9.17, 15) is 9.59 Å². The van der Waals surface area contributed by atoms with Crippen molar-refractivity contribution in [3.63, 3.8) is 0 Å². The van der Waals surface area contributed by atoms with Gasteiger partial charge in [0, 0.05) is 19.0 Å². The number of hydrogen-bond donors (Lipinski definition) is 2. The maximum absolute atomic E-state index is 12.2. The fourth-order valence-electron chi connectivity index (χ4n) is 2.57. The second kappa shape index (κ2) is 8.87. The molecule has 0 fully saturated rings. The molecule has 2 amide bonds. The van der Waals surface area contributed by atoms with E-state index in [1.54, 1.807) is 7.11 Å². The molecule has 0 aliphatic carbocycles. The van der Waals surface area contributed by atoms with Crippen LogP contribution in [-0.4, -0.2) is 18.9 Å². The number of carbonyl (C=O) groups excluding carboxylic acids is 2. The molecule has 0 radical (unpaired) electrons. The summed E-state index contributed by atoms with van der Waals surface area (Å²) in [5.74, 6) is 0.661. The molecule has 0 spiro atoms. The van der Waals surface area contributed by atoms with Crippen LogP contribution in [0.4, 0.5) is 5.69 Å². The Bertz CT molecular complexity index is 743. The predicted molar refractivity (Wildman–Crippen MR) is 98.6 cm³/mol. The van der Waals surface area contributed by atoms with E-state index in [1.807, 2.05) is 55.5 Å². The zero-order valence-corrected chi connectivity index (χ0v) is 14.8. The van der Waals surface area contributed by atoms with E-state index in [0.717, 1.165) is 22.6 Å². The molecule has 0 heterocycles. The topological polar surface area (TPSA) is 67.4 Å². The molecule has 0 saturated carbocycles. The van der Waals surface area contributed by atoms with Crippen molar-refractivity contribution in [2.45, 2.75) is 32.7 Å². The van der Waals surface area contributed by atoms with Crippen LogP contribution in [0, 0.1) is 0 Å². The first-order valence-corrected chi connectivity index (χ1v) is 8.28. The summed E-state index contributed by atoms with van der Waals surface area (Å²) in [6, 6.07) is 15.1. The summed E-state index contributed by atoms with van der Waals surface area (Å²) >= 11 is 0. The SMILES string of the molecule is COc1cccc(CCC(=O)NC(C)c2cccc(NC(C)=O)c2)c1. The smallest absolute Gasteiger partial charge is 0.221 e. The number of anilines is 1. The van der Waals surface area contributed by atoms with Crippen molar-refractivity contribution in [2.75, 3.05) is 12.4 Å². The average molecular weight is 340 g/mol. The lowest BCUT2D eigenvalue weighted by atomic mass is 10.1. The van der Waals surface area contributed by atoms with E-state index in [-0.39, 0.29) is 17.9 Å². The van der Waals surface area contributed by atoms with Gasteiger partial charge in [0.1, 0.15) is 5.75 Å². The third-order valence-corrected chi connectivity index (χ3v) is 3.86. The van der Waals surface area contributed by atoms with Gasteiger partial charge >= 0.3 is 0 Å². The molecule has 2 aromatic carbocycles. The molecule has 2 aromatic rings. The lowest BCUT2D eigenvalue weighted by Gasteiger charge is -2.15. The normalized spacial score (nSPS) is 11.5. The highest BCUT2D eigenvalue weighted by atomic mass is 16.5. The summed E-state index contributed by atoms with van der Waals surface area (Å²) < 4.78 is 5.19. The second-order valence-electron chi connectivity index (χ2n) is 5.95. The highest BCUT2D eigenvalue weighted by Gasteiger charge is 2.10. The van der Waals surface area contributed by atoms with E-state index in [4.69, 9.17) is 4.74 Å². The molecule has 1 atom stereocenters. The minimum Gasteiger partial charge on any atom is -0.497 e. The molecular weight excluding hydrogens is 316 g/mol. The lowest BCUT2D eigenvalue weighted by molar-refractivity contribution is -0.121. The number of benzene rings is 2. The molecule has 5 heteroatoms. The molecule has 0 saturated heterocycles. The van der Waals surface area contributed by atoms with Gasteiger partial charge < -0.3 is 15.4 Å². The highest BCUT2D eigenvalue weighted by Crippen LogP contribution is 2.18. The van der Waals surface area contributed by atoms with Crippen molar-refractivity contribution in [3.8, 4) is 5.75 Å². The van der Waals surface area contributed by atoms with E-state index >= 15 is 0 Å². The van der Waals surface area contributed by atoms with Gasteiger partial charge in [-0.25, -0.2) is 0 Å². The fourth-order valence-corrected chi connectivity index (χ4v) is 2.57. The predicted octanol–water partition coefficient (Wildman–Crippen LogP) is 3.46. The molecule has 2 rings (SSSR count). The van der Waals surface area contributed by atoms with Crippen LogP contribution in [0.25, 0.3) is 0 Å². The lowest BCUT2D eigenvalue weighted by Crippen LogP contribution is -2.26. The number of amides is 2. The Labute approximate surface area is 148 Å². The van der Waals surface area contributed by atoms with E-state index in [0.29, 0.717) is 12.8 Å². The Morgan fingerprint density at radius 1 is 1.12 bits per heavy atom. The Balaban J connectivity index is 1.90. The van der Waals surface area contributed by atoms with Crippen LogP contribution >= 0.6 is 0 Å². The van der Waals surface area contributed by atoms with Gasteiger partial charge in [-0.05, 0) is 48.7 Å². The second-order valence-corrected chi connectivity index (χ2v) is 5.95. The number of nitrogens with one attached hydrogen (secondary N) is 2. The van der Waals surface area contributed by atoms with Crippen LogP contribution in [0.5, 0.6) is 5.75 Å². The van der Waals surface area contributed by atoms with Crippen molar-refractivity contribution in [3.05, 3.63) is 59.7 Å². The summed E-state index contributed by atoms with van der Waals surface area (Å²) in [4.78, 5) is 23.4. The first kappa shape index (κ1) is 18.5. The van der Waals surface area contributed by atoms with Crippen LogP contribution in [0.15, 0.2) is 48.5 Å². The van der Waals surface area contributed by atoms with Gasteiger partial charge in [-0.15, -0.1) is 0 Å². The van der Waals surface area contributed by atoms with Crippen molar-refractivity contribution < 1.29 is 14.3 Å². The van der Waals surface area contributed by atoms with Crippen LogP contribution < -0.4 is 15.4 Å². The fraction of sp³-hybridized carbons (Fsp3) is 0.300. The minimum absolute atomic E-state index is 0.0137. The zero-order valence-electron chi connectivity index (χ0n) is 14.8. The largest absolute Gasteiger partial charge is 0.497 e. The maximum Gasteiger partial charge on any atom is 0.221 e. The molecule has 0 aromatic heterocycles. The van der Waals surface area contributed by atoms with Crippen LogP contribution in [0.1, 0.15) is 37.4 Å². The maximum atomic E-state index is 12.2. The third kappa shape index (κ3) is 5.95. The van der Waals surface area contributed by atoms with Gasteiger partial charge in [-0.1, -0.05) is 24.3 Å². The molecule has 0 aliphatic heterocycles. The van der Waals surface area contributed by atoms with Crippen molar-refractivity contribution >= 4 is 17.5 Å². The summed E-state index contributed by atoms with van der Waals surface area (Å²) in [5.41, 5.74) is 2.73. The first-order valence-electron chi connectivity index (χ1n) is 8.28. The van der Waals surface area contributed by atoms with Gasteiger partial charge in [0.25, 0.3) is 0 Å². The number of carbonyl (C=O) groups is 2. The zero-order chi connectivity index (χ0) is 18.2. The van der Waals surface area contributed by atoms with Crippen molar-refractivity contribution in [1.82, 2.24) is 5.32 Å². The summed E-state index contributed by atoms with van der Waals surface area (Å²) in [7, 11) is 1.63. The summed E-state index contributed by atoms with van der Waals surface area (Å²) in [6.07, 6.45) is 1.06. The number of rotatable bonds is 7. The Morgan fingerprint density at radius 3 is 2.60 bits per heavy atom. The number of methoxy groups -OCH3 is 1. The molecule has 132 valence electrons. The summed E-state index contributed by atoms with van der Waals surface area (Å²) in [5, 5.41) is 5.74. The number of aryl methyl sites for hydroxylation is 1. The van der Waals surface area contributed by atoms with Gasteiger partial charge in [0.2, 0.25) is 11.8 Å². The molecule has 1 unspecified atom stereocenters. The Kier molecular flexibility index (Phi) is 6.57. The quantitative estimate of drug-likeness (QED) is 0.811. The Morgan fingerprint density at radius 2 is 1.88 bits per heavy atom. The monoisotopic (exact) mass is 340 g/mol. The molecule has 0 bridgehead atoms. The van der Waals surface area contributed by atoms with E-state index in [1.165, 1.54) is 6.92 Å². The van der Waals surface area contributed by atoms with Gasteiger partial charge in [0.05, 0.1) is 13.2 Å². The van der Waals surface area contributed by atoms with Crippen molar-refractivity contribution in [2.24, 2.45) is 0 Å². The van der Waals surface area contributed by atoms with E-state index in [2.05, 4.69) is 10.6 Å². The van der Waals surface area contributed by atoms with E-state index < -0.39 is 0 Å². The van der Waals surface area contributed by atoms with Crippen LogP contribution in [0.2, 0.25) is 0 Å². The molecule has 5 nitrogen and oxygen atoms in total. The molecule has 0 aliphatic rings. The van der Waals surface area contributed by atoms with Gasteiger partial charge in [0.15, 0.2) is 0 Å². The number of hydrogen-bond acceptors (Lipinski definition) is 3. The molecule has 25 heavy (non-hydrogen) atoms. The standard InChI is InChI=1S/C20H24N2O3/c1-14(17-7-5-8-18(13-17)22-15(2)23)21-20(24)11-10-16-6-4-9-19(12-16)25-3/h4-9,12-14H,10-11H2,1-3H3,(H,21,24)(H,22,23). The first-order chi connectivity index (χ1) is 12.0. The Hall–Kier alpha value is -2.82. The van der Waals surface area contributed by atoms with Gasteiger partial charge in [-0.3, -0.25) is 9.59 Å². The number of ether oxygens (including phenoxy) is 1.